The van der Waals surface area contributed by atoms with E-state index in [2.05, 4.69) is 30.9 Å². The summed E-state index contributed by atoms with van der Waals surface area (Å²) in [4.78, 5) is 23.1. The average Bonchev–Trinajstić information content (AvgIpc) is 2.73. The Bertz CT molecular complexity index is 643. The van der Waals surface area contributed by atoms with Gasteiger partial charge in [-0.2, -0.15) is 4.99 Å². The lowest BCUT2D eigenvalue weighted by molar-refractivity contribution is -0.921. The molecule has 2 unspecified atom stereocenters. The van der Waals surface area contributed by atoms with Crippen LogP contribution < -0.4 is 0 Å². The molecule has 2 heterocycles. The summed E-state index contributed by atoms with van der Waals surface area (Å²) in [7, 11) is 1.65. The van der Waals surface area contributed by atoms with Crippen molar-refractivity contribution in [3.63, 3.8) is 0 Å². The Morgan fingerprint density at radius 1 is 1.50 bits per heavy atom. The van der Waals surface area contributed by atoms with E-state index in [1.54, 1.807) is 14.0 Å². The van der Waals surface area contributed by atoms with E-state index in [4.69, 9.17) is 0 Å². The van der Waals surface area contributed by atoms with E-state index in [0.717, 1.165) is 0 Å². The number of nitrogens with zero attached hydrogens (tertiary/aromatic N) is 5. The standard InChI is InChI=1S/C10H11BrN5O3S/c1-3-16(2)8(7-12-4-6(11)5-13-7)14-9(20-19)10(16)15(17)18/h4-5,10H,3H2,1-2H3/q+1. The first-order chi connectivity index (χ1) is 9.43. The second kappa shape index (κ2) is 5.46. The van der Waals surface area contributed by atoms with E-state index in [-0.39, 0.29) is 26.6 Å². The van der Waals surface area contributed by atoms with Crippen LogP contribution in [0, 0.1) is 10.1 Å². The molecule has 2 atom stereocenters. The van der Waals surface area contributed by atoms with E-state index >= 15 is 0 Å². The fourth-order valence-electron chi connectivity index (χ4n) is 2.02. The third-order valence-corrected chi connectivity index (χ3v) is 4.11. The molecule has 0 radical (unpaired) electrons. The molecule has 1 aromatic heterocycles. The number of amidine groups is 1. The lowest BCUT2D eigenvalue weighted by atomic mass is 10.3. The molecule has 0 spiro atoms. The minimum Gasteiger partial charge on any atom is -0.259 e. The Kier molecular flexibility index (Phi) is 4.06. The minimum atomic E-state index is -1.20. The lowest BCUT2D eigenvalue weighted by Gasteiger charge is -2.28. The smallest absolute Gasteiger partial charge is 0.259 e. The molecule has 8 nitrogen and oxygen atoms in total. The van der Waals surface area contributed by atoms with Gasteiger partial charge in [0.1, 0.15) is 11.3 Å². The van der Waals surface area contributed by atoms with Crippen molar-refractivity contribution in [1.29, 1.82) is 0 Å². The van der Waals surface area contributed by atoms with Crippen LogP contribution in [0.5, 0.6) is 0 Å². The van der Waals surface area contributed by atoms with Crippen molar-refractivity contribution in [3.05, 3.63) is 32.8 Å². The third-order valence-electron chi connectivity index (χ3n) is 3.22. The van der Waals surface area contributed by atoms with Crippen LogP contribution in [0.4, 0.5) is 0 Å². The van der Waals surface area contributed by atoms with Crippen LogP contribution in [0.15, 0.2) is 21.9 Å². The van der Waals surface area contributed by atoms with Crippen LogP contribution in [0.2, 0.25) is 0 Å². The minimum absolute atomic E-state index is 0.0451. The molecule has 1 aliphatic heterocycles. The molecule has 0 bridgehead atoms. The topological polar surface area (TPSA) is 98.3 Å². The van der Waals surface area contributed by atoms with Gasteiger partial charge in [0, 0.05) is 12.4 Å². The van der Waals surface area contributed by atoms with Crippen LogP contribution in [0.25, 0.3) is 0 Å². The van der Waals surface area contributed by atoms with Gasteiger partial charge in [0.2, 0.25) is 5.82 Å². The van der Waals surface area contributed by atoms with Crippen molar-refractivity contribution in [2.75, 3.05) is 13.6 Å². The summed E-state index contributed by atoms with van der Waals surface area (Å²) >= 11 is 3.27. The van der Waals surface area contributed by atoms with Gasteiger partial charge in [0.15, 0.2) is 0 Å². The van der Waals surface area contributed by atoms with Gasteiger partial charge < -0.3 is 0 Å². The zero-order valence-corrected chi connectivity index (χ0v) is 13.1. The second-order valence-corrected chi connectivity index (χ2v) is 5.83. The van der Waals surface area contributed by atoms with Gasteiger partial charge in [0.05, 0.1) is 23.0 Å². The van der Waals surface area contributed by atoms with Crippen molar-refractivity contribution >= 4 is 38.0 Å². The highest BCUT2D eigenvalue weighted by Crippen LogP contribution is 2.24. The molecule has 1 aromatic rings. The molecule has 1 aliphatic rings. The first-order valence-corrected chi connectivity index (χ1v) is 7.20. The number of halogens is 1. The quantitative estimate of drug-likeness (QED) is 0.336. The highest BCUT2D eigenvalue weighted by molar-refractivity contribution is 9.10. The van der Waals surface area contributed by atoms with E-state index in [1.165, 1.54) is 12.4 Å². The van der Waals surface area contributed by atoms with Gasteiger partial charge in [-0.25, -0.2) is 18.7 Å². The number of nitro groups is 1. The summed E-state index contributed by atoms with van der Waals surface area (Å²) in [6.07, 6.45) is 1.87. The average molecular weight is 361 g/mol. The van der Waals surface area contributed by atoms with Crippen LogP contribution in [0.3, 0.4) is 0 Å². The second-order valence-electron chi connectivity index (χ2n) is 4.32. The third kappa shape index (κ3) is 2.30. The molecule has 0 aromatic carbocycles. The first-order valence-electron chi connectivity index (χ1n) is 5.66. The van der Waals surface area contributed by atoms with Crippen LogP contribution >= 0.6 is 15.9 Å². The number of rotatable bonds is 3. The molecule has 20 heavy (non-hydrogen) atoms. The van der Waals surface area contributed by atoms with Crippen LogP contribution in [-0.2, 0) is 11.3 Å². The van der Waals surface area contributed by atoms with Gasteiger partial charge in [-0.1, -0.05) is 0 Å². The largest absolute Gasteiger partial charge is 0.398 e. The van der Waals surface area contributed by atoms with E-state index < -0.39 is 11.1 Å². The van der Waals surface area contributed by atoms with Gasteiger partial charge in [0.25, 0.3) is 10.8 Å². The summed E-state index contributed by atoms with van der Waals surface area (Å²) < 4.78 is 11.7. The number of aromatic nitrogens is 2. The summed E-state index contributed by atoms with van der Waals surface area (Å²) in [5.74, 6) is 0.619. The Morgan fingerprint density at radius 2 is 2.10 bits per heavy atom. The summed E-state index contributed by atoms with van der Waals surface area (Å²) in [6, 6.07) is 0. The molecular formula is C10H11BrN5O3S+. The maximum atomic E-state index is 11.3. The molecule has 2 rings (SSSR count). The van der Waals surface area contributed by atoms with Crippen LogP contribution in [-0.4, -0.2) is 54.2 Å². The molecule has 0 aliphatic carbocycles. The maximum Gasteiger partial charge on any atom is 0.398 e. The number of aliphatic imine (C=N–C) groups is 1. The molecule has 0 N–H and O–H groups in total. The van der Waals surface area contributed by atoms with E-state index in [1.807, 2.05) is 0 Å². The fraction of sp³-hybridized carbons (Fsp3) is 0.400. The zero-order chi connectivity index (χ0) is 14.9. The Morgan fingerprint density at radius 3 is 2.55 bits per heavy atom. The van der Waals surface area contributed by atoms with Gasteiger partial charge in [-0.3, -0.25) is 10.1 Å². The Balaban J connectivity index is 2.59. The number of hydrogen-bond acceptors (Lipinski definition) is 5. The monoisotopic (exact) mass is 360 g/mol. The van der Waals surface area contributed by atoms with Crippen molar-refractivity contribution in [1.82, 2.24) is 9.97 Å². The normalized spacial score (nSPS) is 25.4. The van der Waals surface area contributed by atoms with Crippen molar-refractivity contribution < 1.29 is 13.6 Å². The number of likely N-dealkylation sites (N-methyl/N-ethyl adjacent to an activating group) is 1. The Labute approximate surface area is 126 Å². The zero-order valence-electron chi connectivity index (χ0n) is 10.7. The molecule has 0 fully saturated rings. The van der Waals surface area contributed by atoms with Crippen molar-refractivity contribution in [2.45, 2.75) is 13.1 Å². The predicted octanol–water partition coefficient (Wildman–Crippen LogP) is 0.412. The number of hydrogen-bond donors (Lipinski definition) is 0. The van der Waals surface area contributed by atoms with Crippen molar-refractivity contribution in [3.8, 4) is 0 Å². The molecule has 10 heteroatoms. The van der Waals surface area contributed by atoms with E-state index in [0.29, 0.717) is 16.9 Å². The van der Waals surface area contributed by atoms with Crippen molar-refractivity contribution in [2.24, 2.45) is 4.99 Å². The molecular weight excluding hydrogens is 350 g/mol. The number of quaternary nitrogens is 1. The fourth-order valence-corrected chi connectivity index (χ4v) is 2.76. The predicted molar refractivity (Wildman–Crippen MR) is 76.9 cm³/mol. The van der Waals surface area contributed by atoms with Crippen LogP contribution in [0.1, 0.15) is 12.7 Å². The van der Waals surface area contributed by atoms with Gasteiger partial charge in [-0.05, 0) is 22.9 Å². The first kappa shape index (κ1) is 14.9. The molecule has 0 saturated heterocycles. The van der Waals surface area contributed by atoms with E-state index in [9.17, 15) is 14.3 Å². The highest BCUT2D eigenvalue weighted by atomic mass is 79.9. The molecule has 106 valence electrons. The highest BCUT2D eigenvalue weighted by Gasteiger charge is 2.56. The lowest BCUT2D eigenvalue weighted by Crippen LogP contribution is -2.58. The van der Waals surface area contributed by atoms with Gasteiger partial charge in [-0.15, -0.1) is 0 Å². The Hall–Kier alpha value is -1.52. The SMILES string of the molecule is CC[N+]1(C)C(c2ncc(Br)cn2)=NC(=S=O)C1[N+](=O)[O-]. The summed E-state index contributed by atoms with van der Waals surface area (Å²) in [5.41, 5.74) is 0. The van der Waals surface area contributed by atoms with Gasteiger partial charge >= 0.3 is 6.17 Å². The summed E-state index contributed by atoms with van der Waals surface area (Å²) in [6.45, 7) is 2.19. The maximum absolute atomic E-state index is 11.3. The summed E-state index contributed by atoms with van der Waals surface area (Å²) in [5, 5.41) is 11.3. The molecule has 0 amide bonds. The molecule has 0 saturated carbocycles.